The van der Waals surface area contributed by atoms with Crippen molar-refractivity contribution in [2.45, 2.75) is 19.9 Å². The second-order valence-corrected chi connectivity index (χ2v) is 7.00. The van der Waals surface area contributed by atoms with Crippen LogP contribution in [-0.2, 0) is 0 Å². The Morgan fingerprint density at radius 1 is 1.00 bits per heavy atom. The molecule has 2 aromatic carbocycles. The van der Waals surface area contributed by atoms with Crippen LogP contribution in [0.4, 0.5) is 0 Å². The summed E-state index contributed by atoms with van der Waals surface area (Å²) in [6.45, 7) is 3.86. The topological polar surface area (TPSA) is 59.3 Å². The molecule has 25 heavy (non-hydrogen) atoms. The number of amides is 1. The van der Waals surface area contributed by atoms with Gasteiger partial charge in [-0.25, -0.2) is 0 Å². The summed E-state index contributed by atoms with van der Waals surface area (Å²) in [6, 6.07) is 7.99. The van der Waals surface area contributed by atoms with Gasteiger partial charge in [-0.3, -0.25) is 9.59 Å². The van der Waals surface area contributed by atoms with E-state index in [4.69, 9.17) is 27.6 Å². The first-order chi connectivity index (χ1) is 11.9. The van der Waals surface area contributed by atoms with Gasteiger partial charge in [-0.1, -0.05) is 29.3 Å². The molecule has 0 fully saturated rings. The van der Waals surface area contributed by atoms with E-state index in [1.807, 2.05) is 13.8 Å². The third-order valence-electron chi connectivity index (χ3n) is 4.59. The van der Waals surface area contributed by atoms with Gasteiger partial charge in [-0.2, -0.15) is 0 Å². The Bertz CT molecular complexity index is 1120. The zero-order valence-electron chi connectivity index (χ0n) is 13.4. The molecule has 0 bridgehead atoms. The summed E-state index contributed by atoms with van der Waals surface area (Å²) in [5.74, 6) is -0.361. The van der Waals surface area contributed by atoms with Gasteiger partial charge in [0.05, 0.1) is 27.0 Å². The van der Waals surface area contributed by atoms with Crippen LogP contribution in [0.1, 0.15) is 38.9 Å². The minimum absolute atomic E-state index is 0.0526. The van der Waals surface area contributed by atoms with Crippen molar-refractivity contribution in [3.05, 3.63) is 78.6 Å². The minimum Gasteiger partial charge on any atom is -0.450 e. The molecule has 1 aromatic heterocycles. The lowest BCUT2D eigenvalue weighted by Gasteiger charge is -2.12. The van der Waals surface area contributed by atoms with Gasteiger partial charge in [0.15, 0.2) is 5.43 Å². The first kappa shape index (κ1) is 16.2. The maximum atomic E-state index is 13.1. The summed E-state index contributed by atoms with van der Waals surface area (Å²) >= 11 is 12.0. The van der Waals surface area contributed by atoms with Gasteiger partial charge < -0.3 is 9.73 Å². The monoisotopic (exact) mass is 373 g/mol. The van der Waals surface area contributed by atoms with Gasteiger partial charge >= 0.3 is 0 Å². The number of hydrogen-bond donors (Lipinski definition) is 1. The lowest BCUT2D eigenvalue weighted by atomic mass is 9.98. The number of fused-ring (bicyclic) bond motifs is 2. The molecular formula is C19H13Cl2NO3. The van der Waals surface area contributed by atoms with E-state index < -0.39 is 11.9 Å². The van der Waals surface area contributed by atoms with Crippen LogP contribution < -0.4 is 10.7 Å². The van der Waals surface area contributed by atoms with Crippen molar-refractivity contribution in [3.8, 4) is 0 Å². The Morgan fingerprint density at radius 3 is 2.44 bits per heavy atom. The predicted octanol–water partition coefficient (Wildman–Crippen LogP) is 4.55. The van der Waals surface area contributed by atoms with Crippen molar-refractivity contribution in [2.75, 3.05) is 0 Å². The van der Waals surface area contributed by atoms with Crippen LogP contribution in [0.25, 0.3) is 11.0 Å². The summed E-state index contributed by atoms with van der Waals surface area (Å²) in [4.78, 5) is 25.4. The molecule has 1 aliphatic heterocycles. The van der Waals surface area contributed by atoms with Crippen molar-refractivity contribution in [1.29, 1.82) is 0 Å². The number of halogens is 2. The molecule has 6 heteroatoms. The number of hydrogen-bond acceptors (Lipinski definition) is 3. The molecule has 0 saturated heterocycles. The first-order valence-electron chi connectivity index (χ1n) is 7.70. The van der Waals surface area contributed by atoms with E-state index in [1.165, 1.54) is 0 Å². The molecule has 0 spiro atoms. The zero-order valence-corrected chi connectivity index (χ0v) is 15.0. The number of carbonyl (C=O) groups is 1. The number of aryl methyl sites for hydroxylation is 2. The van der Waals surface area contributed by atoms with E-state index in [-0.39, 0.29) is 11.2 Å². The Balaban J connectivity index is 1.99. The molecule has 1 aliphatic rings. The lowest BCUT2D eigenvalue weighted by molar-refractivity contribution is 0.0938. The second-order valence-electron chi connectivity index (χ2n) is 6.19. The summed E-state index contributed by atoms with van der Waals surface area (Å²) in [7, 11) is 0. The highest BCUT2D eigenvalue weighted by atomic mass is 35.5. The van der Waals surface area contributed by atoms with Gasteiger partial charge in [0.2, 0.25) is 5.76 Å². The first-order valence-corrected chi connectivity index (χ1v) is 8.46. The summed E-state index contributed by atoms with van der Waals surface area (Å²) in [5, 5.41) is 4.02. The molecule has 2 heterocycles. The van der Waals surface area contributed by atoms with E-state index in [2.05, 4.69) is 5.32 Å². The highest BCUT2D eigenvalue weighted by Crippen LogP contribution is 2.34. The molecular weight excluding hydrogens is 361 g/mol. The fraction of sp³-hybridized carbons (Fsp3) is 0.158. The molecule has 0 saturated carbocycles. The van der Waals surface area contributed by atoms with Crippen molar-refractivity contribution in [3.63, 3.8) is 0 Å². The predicted molar refractivity (Wildman–Crippen MR) is 97.7 cm³/mol. The van der Waals surface area contributed by atoms with E-state index in [9.17, 15) is 9.59 Å². The maximum Gasteiger partial charge on any atom is 0.288 e. The average Bonchev–Trinajstić information content (AvgIpc) is 2.89. The van der Waals surface area contributed by atoms with Crippen LogP contribution in [0.3, 0.4) is 0 Å². The molecule has 0 aliphatic carbocycles. The highest BCUT2D eigenvalue weighted by Gasteiger charge is 2.36. The zero-order chi connectivity index (χ0) is 17.9. The van der Waals surface area contributed by atoms with Crippen molar-refractivity contribution < 1.29 is 9.21 Å². The highest BCUT2D eigenvalue weighted by molar-refractivity contribution is 6.42. The molecule has 1 atom stereocenters. The molecule has 126 valence electrons. The van der Waals surface area contributed by atoms with Crippen LogP contribution in [0.2, 0.25) is 10.0 Å². The fourth-order valence-corrected chi connectivity index (χ4v) is 3.41. The van der Waals surface area contributed by atoms with Crippen LogP contribution in [0.15, 0.2) is 39.5 Å². The van der Waals surface area contributed by atoms with Crippen molar-refractivity contribution >= 4 is 40.1 Å². The standard InChI is InChI=1S/C19H13Cl2NO3/c1-8-5-11-14(6-9(8)2)25-18-15(17(11)23)16(22-19(18)24)10-3-4-12(20)13(21)7-10/h3-7,16H,1-2H3,(H,22,24). The normalized spacial score (nSPS) is 16.2. The van der Waals surface area contributed by atoms with E-state index in [0.717, 1.165) is 11.1 Å². The Morgan fingerprint density at radius 2 is 1.72 bits per heavy atom. The van der Waals surface area contributed by atoms with Crippen LogP contribution in [0.5, 0.6) is 0 Å². The van der Waals surface area contributed by atoms with E-state index in [1.54, 1.807) is 30.3 Å². The third kappa shape index (κ3) is 2.44. The number of rotatable bonds is 1. The molecule has 1 unspecified atom stereocenters. The van der Waals surface area contributed by atoms with E-state index in [0.29, 0.717) is 32.1 Å². The summed E-state index contributed by atoms with van der Waals surface area (Å²) in [5.41, 5.74) is 3.17. The second kappa shape index (κ2) is 5.61. The third-order valence-corrected chi connectivity index (χ3v) is 5.33. The average molecular weight is 374 g/mol. The molecule has 4 rings (SSSR count). The van der Waals surface area contributed by atoms with Gasteiger partial charge in [0, 0.05) is 0 Å². The van der Waals surface area contributed by atoms with Gasteiger partial charge in [0.1, 0.15) is 5.58 Å². The lowest BCUT2D eigenvalue weighted by Crippen LogP contribution is -2.21. The van der Waals surface area contributed by atoms with Gasteiger partial charge in [0.25, 0.3) is 5.91 Å². The minimum atomic E-state index is -0.612. The summed E-state index contributed by atoms with van der Waals surface area (Å²) < 4.78 is 5.77. The largest absolute Gasteiger partial charge is 0.450 e. The maximum absolute atomic E-state index is 13.1. The quantitative estimate of drug-likeness (QED) is 0.680. The smallest absolute Gasteiger partial charge is 0.288 e. The molecule has 1 N–H and O–H groups in total. The van der Waals surface area contributed by atoms with Crippen LogP contribution in [-0.4, -0.2) is 5.91 Å². The van der Waals surface area contributed by atoms with Gasteiger partial charge in [-0.15, -0.1) is 0 Å². The Labute approximate surface area is 153 Å². The van der Waals surface area contributed by atoms with E-state index >= 15 is 0 Å². The van der Waals surface area contributed by atoms with Crippen LogP contribution >= 0.6 is 23.2 Å². The molecule has 3 aromatic rings. The van der Waals surface area contributed by atoms with Gasteiger partial charge in [-0.05, 0) is 54.8 Å². The fourth-order valence-electron chi connectivity index (χ4n) is 3.11. The molecule has 1 amide bonds. The Kier molecular flexibility index (Phi) is 3.63. The number of carbonyl (C=O) groups excluding carboxylic acids is 1. The molecule has 0 radical (unpaired) electrons. The number of benzene rings is 2. The number of nitrogens with one attached hydrogen (secondary N) is 1. The van der Waals surface area contributed by atoms with Crippen molar-refractivity contribution in [1.82, 2.24) is 5.32 Å². The summed E-state index contributed by atoms with van der Waals surface area (Å²) in [6.07, 6.45) is 0. The van der Waals surface area contributed by atoms with Crippen molar-refractivity contribution in [2.24, 2.45) is 0 Å². The molecule has 4 nitrogen and oxygen atoms in total. The Hall–Kier alpha value is -2.30. The SMILES string of the molecule is Cc1cc2oc3c(c(=O)c2cc1C)C(c1ccc(Cl)c(Cl)c1)NC3=O. The van der Waals surface area contributed by atoms with Crippen LogP contribution in [0, 0.1) is 13.8 Å².